The summed E-state index contributed by atoms with van der Waals surface area (Å²) in [4.78, 5) is 41.8. The van der Waals surface area contributed by atoms with E-state index in [1.165, 1.54) is 25.3 Å². The standard InChI is InChI=1S/C20H18N4O6/c1-29-14-6-3-12(4-7-14)9-18-21-16(11-19(25)23-18)20(26)22-15-8-5-13(24(27)28)10-17(15)30-2/h3-8,10-11H,9H2,1-2H3,(H,22,26)(H,21,23,25). The van der Waals surface area contributed by atoms with Crippen LogP contribution in [0.15, 0.2) is 53.3 Å². The summed E-state index contributed by atoms with van der Waals surface area (Å²) in [6, 6.07) is 12.1. The fraction of sp³-hybridized carbons (Fsp3) is 0.150. The van der Waals surface area contributed by atoms with Crippen LogP contribution in [-0.4, -0.2) is 35.0 Å². The van der Waals surface area contributed by atoms with Gasteiger partial charge < -0.3 is 19.8 Å². The number of nitro benzene ring substituents is 1. The van der Waals surface area contributed by atoms with E-state index in [-0.39, 0.29) is 22.8 Å². The summed E-state index contributed by atoms with van der Waals surface area (Å²) in [5.41, 5.74) is 0.332. The van der Waals surface area contributed by atoms with E-state index in [9.17, 15) is 19.7 Å². The molecule has 2 N–H and O–H groups in total. The molecule has 1 heterocycles. The Morgan fingerprint density at radius 2 is 1.87 bits per heavy atom. The summed E-state index contributed by atoms with van der Waals surface area (Å²) >= 11 is 0. The summed E-state index contributed by atoms with van der Waals surface area (Å²) in [6.07, 6.45) is 0.307. The molecule has 0 spiro atoms. The fourth-order valence-electron chi connectivity index (χ4n) is 2.73. The summed E-state index contributed by atoms with van der Waals surface area (Å²) in [6.45, 7) is 0. The van der Waals surface area contributed by atoms with E-state index in [2.05, 4.69) is 15.3 Å². The second kappa shape index (κ2) is 8.86. The molecular weight excluding hydrogens is 392 g/mol. The van der Waals surface area contributed by atoms with Crippen LogP contribution in [0.1, 0.15) is 21.9 Å². The van der Waals surface area contributed by atoms with Crippen LogP contribution in [0.3, 0.4) is 0 Å². The molecule has 3 aromatic rings. The number of carbonyl (C=O) groups is 1. The van der Waals surface area contributed by atoms with Crippen molar-refractivity contribution in [2.75, 3.05) is 19.5 Å². The SMILES string of the molecule is COc1ccc(Cc2nc(C(=O)Nc3ccc([N+](=O)[O-])cc3OC)cc(=O)[nH]2)cc1. The number of methoxy groups -OCH3 is 2. The third-order valence-corrected chi connectivity index (χ3v) is 4.20. The van der Waals surface area contributed by atoms with Crippen molar-refractivity contribution in [3.63, 3.8) is 0 Å². The third kappa shape index (κ3) is 4.79. The van der Waals surface area contributed by atoms with Gasteiger partial charge in [0.25, 0.3) is 17.2 Å². The van der Waals surface area contributed by atoms with Gasteiger partial charge in [-0.3, -0.25) is 19.7 Å². The molecule has 10 nitrogen and oxygen atoms in total. The first-order valence-electron chi connectivity index (χ1n) is 8.76. The largest absolute Gasteiger partial charge is 0.497 e. The fourth-order valence-corrected chi connectivity index (χ4v) is 2.73. The minimum atomic E-state index is -0.649. The molecule has 154 valence electrons. The second-order valence-corrected chi connectivity index (χ2v) is 6.20. The number of hydrogen-bond acceptors (Lipinski definition) is 7. The number of ether oxygens (including phenoxy) is 2. The van der Waals surface area contributed by atoms with Crippen molar-refractivity contribution < 1.29 is 19.2 Å². The van der Waals surface area contributed by atoms with E-state index in [1.54, 1.807) is 19.2 Å². The van der Waals surface area contributed by atoms with Gasteiger partial charge in [-0.25, -0.2) is 4.98 Å². The van der Waals surface area contributed by atoms with Gasteiger partial charge in [-0.05, 0) is 23.8 Å². The molecule has 0 radical (unpaired) electrons. The van der Waals surface area contributed by atoms with Crippen LogP contribution >= 0.6 is 0 Å². The lowest BCUT2D eigenvalue weighted by Crippen LogP contribution is -2.20. The van der Waals surface area contributed by atoms with Gasteiger partial charge in [0.2, 0.25) is 0 Å². The molecular formula is C20H18N4O6. The van der Waals surface area contributed by atoms with Gasteiger partial charge in [0, 0.05) is 18.6 Å². The van der Waals surface area contributed by atoms with Gasteiger partial charge in [0.15, 0.2) is 0 Å². The highest BCUT2D eigenvalue weighted by Gasteiger charge is 2.16. The molecule has 0 fully saturated rings. The zero-order chi connectivity index (χ0) is 21.7. The number of nitrogens with zero attached hydrogens (tertiary/aromatic N) is 2. The molecule has 3 rings (SSSR count). The molecule has 2 aromatic carbocycles. The second-order valence-electron chi connectivity index (χ2n) is 6.20. The van der Waals surface area contributed by atoms with Gasteiger partial charge in [-0.1, -0.05) is 12.1 Å². The Morgan fingerprint density at radius 3 is 2.50 bits per heavy atom. The van der Waals surface area contributed by atoms with Crippen molar-refractivity contribution >= 4 is 17.3 Å². The lowest BCUT2D eigenvalue weighted by atomic mass is 10.1. The normalized spacial score (nSPS) is 10.3. The van der Waals surface area contributed by atoms with Gasteiger partial charge in [-0.2, -0.15) is 0 Å². The van der Waals surface area contributed by atoms with Crippen LogP contribution in [0.4, 0.5) is 11.4 Å². The van der Waals surface area contributed by atoms with Crippen LogP contribution < -0.4 is 20.3 Å². The molecule has 0 unspecified atom stereocenters. The van der Waals surface area contributed by atoms with Gasteiger partial charge in [-0.15, -0.1) is 0 Å². The summed E-state index contributed by atoms with van der Waals surface area (Å²) in [5, 5.41) is 13.5. The molecule has 10 heteroatoms. The van der Waals surface area contributed by atoms with E-state index < -0.39 is 16.4 Å². The molecule has 1 aromatic heterocycles. The Labute approximate surface area is 170 Å². The number of H-pyrrole nitrogens is 1. The topological polar surface area (TPSA) is 136 Å². The Hall–Kier alpha value is -4.21. The van der Waals surface area contributed by atoms with Crippen LogP contribution in [0.2, 0.25) is 0 Å². The number of amides is 1. The first-order chi connectivity index (χ1) is 14.4. The molecule has 30 heavy (non-hydrogen) atoms. The quantitative estimate of drug-likeness (QED) is 0.451. The van der Waals surface area contributed by atoms with E-state index in [0.717, 1.165) is 11.6 Å². The number of hydrogen-bond donors (Lipinski definition) is 2. The molecule has 1 amide bonds. The summed E-state index contributed by atoms with van der Waals surface area (Å²) in [5.74, 6) is 0.476. The number of non-ortho nitro benzene ring substituents is 1. The summed E-state index contributed by atoms with van der Waals surface area (Å²) in [7, 11) is 2.89. The van der Waals surface area contributed by atoms with E-state index in [1.807, 2.05) is 12.1 Å². The van der Waals surface area contributed by atoms with Crippen molar-refractivity contribution in [1.29, 1.82) is 0 Å². The molecule has 0 saturated carbocycles. The van der Waals surface area contributed by atoms with Crippen molar-refractivity contribution in [3.05, 3.63) is 86.1 Å². The minimum absolute atomic E-state index is 0.0948. The van der Waals surface area contributed by atoms with Gasteiger partial charge >= 0.3 is 0 Å². The average Bonchev–Trinajstić information content (AvgIpc) is 2.74. The van der Waals surface area contributed by atoms with Crippen molar-refractivity contribution in [3.8, 4) is 11.5 Å². The van der Waals surface area contributed by atoms with Crippen LogP contribution in [0, 0.1) is 10.1 Å². The predicted octanol–water partition coefficient (Wildman–Crippen LogP) is 2.54. The Bertz CT molecular complexity index is 1140. The molecule has 0 aliphatic carbocycles. The summed E-state index contributed by atoms with van der Waals surface area (Å²) < 4.78 is 10.2. The monoisotopic (exact) mass is 410 g/mol. The first-order valence-corrected chi connectivity index (χ1v) is 8.76. The molecule has 0 atom stereocenters. The Morgan fingerprint density at radius 1 is 1.13 bits per heavy atom. The lowest BCUT2D eigenvalue weighted by Gasteiger charge is -2.10. The number of aromatic amines is 1. The predicted molar refractivity (Wildman–Crippen MR) is 108 cm³/mol. The average molecular weight is 410 g/mol. The zero-order valence-electron chi connectivity index (χ0n) is 16.2. The van der Waals surface area contributed by atoms with Crippen LogP contribution in [0.5, 0.6) is 11.5 Å². The van der Waals surface area contributed by atoms with E-state index in [4.69, 9.17) is 9.47 Å². The third-order valence-electron chi connectivity index (χ3n) is 4.20. The number of aromatic nitrogens is 2. The highest BCUT2D eigenvalue weighted by Crippen LogP contribution is 2.29. The zero-order valence-corrected chi connectivity index (χ0v) is 16.2. The highest BCUT2D eigenvalue weighted by molar-refractivity contribution is 6.03. The molecule has 0 aliphatic rings. The van der Waals surface area contributed by atoms with Crippen LogP contribution in [-0.2, 0) is 6.42 Å². The van der Waals surface area contributed by atoms with Crippen LogP contribution in [0.25, 0.3) is 0 Å². The van der Waals surface area contributed by atoms with Gasteiger partial charge in [0.05, 0.1) is 30.9 Å². The number of rotatable bonds is 7. The lowest BCUT2D eigenvalue weighted by molar-refractivity contribution is -0.384. The van der Waals surface area contributed by atoms with Gasteiger partial charge in [0.1, 0.15) is 23.0 Å². The maximum Gasteiger partial charge on any atom is 0.274 e. The molecule has 0 bridgehead atoms. The number of carbonyl (C=O) groups excluding carboxylic acids is 1. The molecule has 0 aliphatic heterocycles. The van der Waals surface area contributed by atoms with Crippen molar-refractivity contribution in [2.45, 2.75) is 6.42 Å². The van der Waals surface area contributed by atoms with Crippen molar-refractivity contribution in [1.82, 2.24) is 9.97 Å². The number of anilines is 1. The number of nitro groups is 1. The minimum Gasteiger partial charge on any atom is -0.497 e. The number of nitrogens with one attached hydrogen (secondary N) is 2. The Kier molecular flexibility index (Phi) is 6.06. The molecule has 0 saturated heterocycles. The van der Waals surface area contributed by atoms with E-state index in [0.29, 0.717) is 18.0 Å². The van der Waals surface area contributed by atoms with Crippen molar-refractivity contribution in [2.24, 2.45) is 0 Å². The smallest absolute Gasteiger partial charge is 0.274 e. The Balaban J connectivity index is 1.82. The maximum atomic E-state index is 12.6. The maximum absolute atomic E-state index is 12.6. The van der Waals surface area contributed by atoms with E-state index >= 15 is 0 Å². The first kappa shape index (κ1) is 20.5. The number of benzene rings is 2. The highest BCUT2D eigenvalue weighted by atomic mass is 16.6.